The zero-order valence-electron chi connectivity index (χ0n) is 20.2. The van der Waals surface area contributed by atoms with Gasteiger partial charge in [0.25, 0.3) is 0 Å². The average Bonchev–Trinajstić information content (AvgIpc) is 3.17. The van der Waals surface area contributed by atoms with E-state index in [1.807, 2.05) is 6.07 Å². The van der Waals surface area contributed by atoms with E-state index < -0.39 is 15.7 Å². The van der Waals surface area contributed by atoms with E-state index in [0.717, 1.165) is 11.1 Å². The number of hydrogen-bond donors (Lipinski definition) is 2. The average molecular weight is 522 g/mol. The fourth-order valence-corrected chi connectivity index (χ4v) is 6.10. The molecule has 0 saturated carbocycles. The van der Waals surface area contributed by atoms with Gasteiger partial charge in [0.2, 0.25) is 5.91 Å². The van der Waals surface area contributed by atoms with Crippen LogP contribution in [0.25, 0.3) is 21.9 Å². The molecule has 2 aliphatic heterocycles. The number of likely N-dealkylation sites (N-methyl/N-ethyl adjacent to an activating group) is 1. The van der Waals surface area contributed by atoms with Gasteiger partial charge < -0.3 is 15.5 Å². The van der Waals surface area contributed by atoms with E-state index in [-0.39, 0.29) is 29.8 Å². The van der Waals surface area contributed by atoms with Crippen LogP contribution in [0.15, 0.2) is 41.7 Å². The number of carbonyl (C=O) groups excluding carboxylic acids is 1. The second kappa shape index (κ2) is 8.51. The normalized spacial score (nSPS) is 16.6. The van der Waals surface area contributed by atoms with Crippen LogP contribution in [0.5, 0.6) is 0 Å². The van der Waals surface area contributed by atoms with Crippen molar-refractivity contribution in [2.45, 2.75) is 24.9 Å². The third-order valence-corrected chi connectivity index (χ3v) is 8.54. The highest BCUT2D eigenvalue weighted by molar-refractivity contribution is 7.91. The molecule has 12 heteroatoms. The molecule has 0 spiro atoms. The summed E-state index contributed by atoms with van der Waals surface area (Å²) < 4.78 is 41.7. The van der Waals surface area contributed by atoms with Gasteiger partial charge in [-0.15, -0.1) is 0 Å². The van der Waals surface area contributed by atoms with E-state index >= 15 is 4.39 Å². The molecule has 6 rings (SSSR count). The minimum absolute atomic E-state index is 0.00342. The van der Waals surface area contributed by atoms with Crippen LogP contribution in [0.1, 0.15) is 11.3 Å². The van der Waals surface area contributed by atoms with E-state index in [1.165, 1.54) is 12.3 Å². The predicted molar refractivity (Wildman–Crippen MR) is 137 cm³/mol. The van der Waals surface area contributed by atoms with Crippen molar-refractivity contribution in [2.24, 2.45) is 0 Å². The first-order chi connectivity index (χ1) is 17.7. The van der Waals surface area contributed by atoms with E-state index in [4.69, 9.17) is 0 Å². The molecule has 0 atom stereocenters. The predicted octanol–water partition coefficient (Wildman–Crippen LogP) is 2.90. The molecule has 1 aromatic carbocycles. The number of hydrogen-bond acceptors (Lipinski definition) is 8. The van der Waals surface area contributed by atoms with Gasteiger partial charge in [0, 0.05) is 67.2 Å². The number of pyridine rings is 2. The zero-order chi connectivity index (χ0) is 25.9. The second-order valence-corrected chi connectivity index (χ2v) is 11.4. The van der Waals surface area contributed by atoms with E-state index in [9.17, 15) is 13.2 Å². The first-order valence-corrected chi connectivity index (χ1v) is 13.5. The lowest BCUT2D eigenvalue weighted by Crippen LogP contribution is -2.29. The standard InChI is InChI=1S/C25H24FN7O3S/c1-14-19(12-29-25-24(14)27-4-6-37(25,35)36)18-7-15-9-21(28-11-16(15)8-20(18)26)30-22-10-17-3-5-32(2)23(34)13-33(17)31-22/h7-12,27H,3-6,13H2,1-2H3,(H,28,30,31). The van der Waals surface area contributed by atoms with E-state index in [1.54, 1.807) is 41.9 Å². The van der Waals surface area contributed by atoms with Crippen molar-refractivity contribution >= 4 is 43.8 Å². The third kappa shape index (κ3) is 4.06. The van der Waals surface area contributed by atoms with Gasteiger partial charge in [0.1, 0.15) is 18.2 Å². The first kappa shape index (κ1) is 23.3. The van der Waals surface area contributed by atoms with Crippen LogP contribution >= 0.6 is 0 Å². The molecule has 0 aliphatic carbocycles. The second-order valence-electron chi connectivity index (χ2n) is 9.34. The highest BCUT2D eigenvalue weighted by atomic mass is 32.2. The number of benzene rings is 1. The summed E-state index contributed by atoms with van der Waals surface area (Å²) in [7, 11) is -1.68. The Hall–Kier alpha value is -4.06. The highest BCUT2D eigenvalue weighted by Crippen LogP contribution is 2.37. The van der Waals surface area contributed by atoms with Gasteiger partial charge in [0.15, 0.2) is 20.7 Å². The molecule has 0 fully saturated rings. The fraction of sp³-hybridized carbons (Fsp3) is 0.280. The molecule has 10 nitrogen and oxygen atoms in total. The van der Waals surface area contributed by atoms with Gasteiger partial charge in [-0.25, -0.2) is 22.8 Å². The van der Waals surface area contributed by atoms with Crippen LogP contribution in [-0.4, -0.2) is 64.9 Å². The van der Waals surface area contributed by atoms with Crippen LogP contribution < -0.4 is 10.6 Å². The maximum atomic E-state index is 15.2. The molecule has 5 heterocycles. The summed E-state index contributed by atoms with van der Waals surface area (Å²) in [5.41, 5.74) is 2.83. The maximum absolute atomic E-state index is 15.2. The molecule has 4 aromatic rings. The van der Waals surface area contributed by atoms with Gasteiger partial charge >= 0.3 is 0 Å². The van der Waals surface area contributed by atoms with Crippen molar-refractivity contribution in [1.82, 2.24) is 24.6 Å². The number of sulfone groups is 1. The van der Waals surface area contributed by atoms with Crippen molar-refractivity contribution < 1.29 is 17.6 Å². The summed E-state index contributed by atoms with van der Waals surface area (Å²) >= 11 is 0. The number of nitrogens with one attached hydrogen (secondary N) is 2. The highest BCUT2D eigenvalue weighted by Gasteiger charge is 2.28. The van der Waals surface area contributed by atoms with E-state index in [2.05, 4.69) is 25.7 Å². The van der Waals surface area contributed by atoms with Gasteiger partial charge in [0.05, 0.1) is 11.4 Å². The van der Waals surface area contributed by atoms with Crippen molar-refractivity contribution in [2.75, 3.05) is 36.5 Å². The van der Waals surface area contributed by atoms with Crippen molar-refractivity contribution in [3.05, 3.63) is 53.7 Å². The number of halogens is 1. The van der Waals surface area contributed by atoms with E-state index in [0.29, 0.717) is 52.4 Å². The van der Waals surface area contributed by atoms with Crippen LogP contribution in [0, 0.1) is 12.7 Å². The molecule has 1 amide bonds. The monoisotopic (exact) mass is 521 g/mol. The molecule has 190 valence electrons. The number of anilines is 3. The van der Waals surface area contributed by atoms with Gasteiger partial charge in [-0.3, -0.25) is 9.48 Å². The Labute approximate surface area is 212 Å². The maximum Gasteiger partial charge on any atom is 0.244 e. The smallest absolute Gasteiger partial charge is 0.244 e. The van der Waals surface area contributed by atoms with Crippen LogP contribution in [-0.2, 0) is 27.6 Å². The number of carbonyl (C=O) groups is 1. The lowest BCUT2D eigenvalue weighted by Gasteiger charge is -2.21. The molecule has 0 saturated heterocycles. The molecule has 0 radical (unpaired) electrons. The van der Waals surface area contributed by atoms with Gasteiger partial charge in [-0.1, -0.05) is 0 Å². The number of fused-ring (bicyclic) bond motifs is 3. The summed E-state index contributed by atoms with van der Waals surface area (Å²) in [4.78, 5) is 22.4. The fourth-order valence-electron chi connectivity index (χ4n) is 4.78. The van der Waals surface area contributed by atoms with Crippen LogP contribution in [0.4, 0.5) is 21.7 Å². The Bertz CT molecular complexity index is 1700. The molecular formula is C25H24FN7O3S. The Balaban J connectivity index is 1.35. The molecule has 37 heavy (non-hydrogen) atoms. The molecule has 0 bridgehead atoms. The molecule has 0 unspecified atom stereocenters. The lowest BCUT2D eigenvalue weighted by molar-refractivity contribution is -0.130. The Morgan fingerprint density at radius 3 is 2.73 bits per heavy atom. The largest absolute Gasteiger partial charge is 0.381 e. The molecule has 3 aromatic heterocycles. The summed E-state index contributed by atoms with van der Waals surface area (Å²) in [5.74, 6) is 0.627. The quantitative estimate of drug-likeness (QED) is 0.422. The Kier molecular flexibility index (Phi) is 5.37. The number of nitrogens with zero attached hydrogens (tertiary/aromatic N) is 5. The number of aromatic nitrogens is 4. The van der Waals surface area contributed by atoms with Gasteiger partial charge in [-0.2, -0.15) is 5.10 Å². The summed E-state index contributed by atoms with van der Waals surface area (Å²) in [6, 6.07) is 6.82. The minimum atomic E-state index is -3.47. The summed E-state index contributed by atoms with van der Waals surface area (Å²) in [6.45, 7) is 2.86. The summed E-state index contributed by atoms with van der Waals surface area (Å²) in [6.07, 6.45) is 3.70. The third-order valence-electron chi connectivity index (χ3n) is 6.90. The number of rotatable bonds is 3. The molecule has 2 aliphatic rings. The zero-order valence-corrected chi connectivity index (χ0v) is 21.1. The minimum Gasteiger partial charge on any atom is -0.381 e. The van der Waals surface area contributed by atoms with Crippen molar-refractivity contribution in [3.8, 4) is 11.1 Å². The first-order valence-electron chi connectivity index (χ1n) is 11.8. The van der Waals surface area contributed by atoms with Crippen LogP contribution in [0.2, 0.25) is 0 Å². The van der Waals surface area contributed by atoms with Gasteiger partial charge in [-0.05, 0) is 36.1 Å². The topological polar surface area (TPSA) is 122 Å². The Morgan fingerprint density at radius 1 is 1.05 bits per heavy atom. The lowest BCUT2D eigenvalue weighted by atomic mass is 9.98. The number of amides is 1. The molecule has 2 N–H and O–H groups in total. The molecular weight excluding hydrogens is 497 g/mol. The Morgan fingerprint density at radius 2 is 1.89 bits per heavy atom. The van der Waals surface area contributed by atoms with Crippen molar-refractivity contribution in [1.29, 1.82) is 0 Å². The van der Waals surface area contributed by atoms with Crippen LogP contribution in [0.3, 0.4) is 0 Å². The van der Waals surface area contributed by atoms with Crippen molar-refractivity contribution in [3.63, 3.8) is 0 Å². The SMILES string of the molecule is Cc1c(-c2cc3cc(Nc4cc5n(n4)CC(=O)N(C)CC5)ncc3cc2F)cnc2c1NCCS2(=O)=O. The summed E-state index contributed by atoms with van der Waals surface area (Å²) in [5, 5.41) is 12.2.